The van der Waals surface area contributed by atoms with Crippen LogP contribution in [0.5, 0.6) is 0 Å². The summed E-state index contributed by atoms with van der Waals surface area (Å²) in [7, 11) is 1.61. The molecule has 1 aliphatic heterocycles. The molecule has 5 nitrogen and oxygen atoms in total. The molecular weight excluding hydrogens is 254 g/mol. The highest BCUT2D eigenvalue weighted by Gasteiger charge is 2.34. The molecule has 1 atom stereocenters. The predicted molar refractivity (Wildman–Crippen MR) is 77.2 cm³/mol. The molecule has 2 rings (SSSR count). The topological polar surface area (TPSA) is 65.5 Å². The first kappa shape index (κ1) is 14.9. The van der Waals surface area contributed by atoms with Gasteiger partial charge >= 0.3 is 0 Å². The molecule has 0 aromatic carbocycles. The molecule has 1 aliphatic rings. The Balaban J connectivity index is 1.85. The predicted octanol–water partition coefficient (Wildman–Crippen LogP) is 0.587. The molecule has 110 valence electrons. The minimum absolute atomic E-state index is 0.0940. The van der Waals surface area contributed by atoms with Crippen molar-refractivity contribution >= 4 is 5.91 Å². The van der Waals surface area contributed by atoms with Crippen LogP contribution in [-0.2, 0) is 11.2 Å². The summed E-state index contributed by atoms with van der Waals surface area (Å²) in [6.45, 7) is 2.46. The van der Waals surface area contributed by atoms with Gasteiger partial charge in [0.2, 0.25) is 5.91 Å². The van der Waals surface area contributed by atoms with E-state index in [-0.39, 0.29) is 12.3 Å². The average molecular weight is 277 g/mol. The fourth-order valence-corrected chi connectivity index (χ4v) is 2.77. The Bertz CT molecular complexity index is 438. The van der Waals surface area contributed by atoms with Gasteiger partial charge in [-0.05, 0) is 43.5 Å². The van der Waals surface area contributed by atoms with Crippen molar-refractivity contribution in [2.45, 2.75) is 31.3 Å². The van der Waals surface area contributed by atoms with Crippen LogP contribution in [0.15, 0.2) is 24.5 Å². The van der Waals surface area contributed by atoms with Crippen LogP contribution < -0.4 is 5.32 Å². The zero-order chi connectivity index (χ0) is 14.4. The van der Waals surface area contributed by atoms with E-state index < -0.39 is 5.60 Å². The second kappa shape index (κ2) is 6.81. The minimum Gasteiger partial charge on any atom is -0.388 e. The summed E-state index contributed by atoms with van der Waals surface area (Å²) in [5, 5.41) is 13.1. The van der Waals surface area contributed by atoms with E-state index in [0.29, 0.717) is 13.0 Å². The molecule has 1 amide bonds. The van der Waals surface area contributed by atoms with Crippen molar-refractivity contribution in [1.82, 2.24) is 15.2 Å². The molecule has 2 heterocycles. The molecule has 1 saturated heterocycles. The number of nitrogens with one attached hydrogen (secondary N) is 1. The van der Waals surface area contributed by atoms with Crippen molar-refractivity contribution in [2.75, 3.05) is 26.7 Å². The van der Waals surface area contributed by atoms with Gasteiger partial charge in [0.25, 0.3) is 0 Å². The molecular formula is C15H23N3O2. The van der Waals surface area contributed by atoms with Crippen molar-refractivity contribution in [1.29, 1.82) is 0 Å². The van der Waals surface area contributed by atoms with Gasteiger partial charge in [0, 0.05) is 32.5 Å². The number of hydrogen-bond donors (Lipinski definition) is 2. The fraction of sp³-hybridized carbons (Fsp3) is 0.600. The lowest BCUT2D eigenvalue weighted by Gasteiger charge is -2.38. The third-order valence-corrected chi connectivity index (χ3v) is 3.87. The average Bonchev–Trinajstić information content (AvgIpc) is 2.46. The number of nitrogens with zero attached hydrogens (tertiary/aromatic N) is 2. The minimum atomic E-state index is -0.878. The third-order valence-electron chi connectivity index (χ3n) is 3.87. The van der Waals surface area contributed by atoms with Crippen molar-refractivity contribution in [3.63, 3.8) is 0 Å². The highest BCUT2D eigenvalue weighted by molar-refractivity contribution is 5.76. The SMILES string of the molecule is CNC(=O)CC1(O)CCCN(CCc2ccncc2)C1. The molecule has 20 heavy (non-hydrogen) atoms. The van der Waals surface area contributed by atoms with Crippen molar-refractivity contribution in [2.24, 2.45) is 0 Å². The molecule has 0 saturated carbocycles. The molecule has 0 aliphatic carbocycles. The molecule has 0 spiro atoms. The van der Waals surface area contributed by atoms with Gasteiger partial charge in [-0.1, -0.05) is 0 Å². The quantitative estimate of drug-likeness (QED) is 0.826. The lowest BCUT2D eigenvalue weighted by molar-refractivity contribution is -0.128. The Morgan fingerprint density at radius 3 is 2.95 bits per heavy atom. The third kappa shape index (κ3) is 4.28. The van der Waals surface area contributed by atoms with Crippen molar-refractivity contribution < 1.29 is 9.90 Å². The van der Waals surface area contributed by atoms with E-state index in [4.69, 9.17) is 0 Å². The first-order valence-electron chi connectivity index (χ1n) is 7.15. The largest absolute Gasteiger partial charge is 0.388 e. The Kier molecular flexibility index (Phi) is 5.09. The molecule has 0 radical (unpaired) electrons. The van der Waals surface area contributed by atoms with Gasteiger partial charge in [-0.25, -0.2) is 0 Å². The number of amides is 1. The lowest BCUT2D eigenvalue weighted by Crippen LogP contribution is -2.50. The lowest BCUT2D eigenvalue weighted by atomic mass is 9.89. The number of aromatic nitrogens is 1. The number of β-amino-alcohol motifs (C(OH)–C–C–N with tert-alkyl or cyclic N) is 1. The van der Waals surface area contributed by atoms with Crippen LogP contribution in [0.3, 0.4) is 0 Å². The van der Waals surface area contributed by atoms with Gasteiger partial charge in [0.1, 0.15) is 0 Å². The normalized spacial score (nSPS) is 23.5. The Hall–Kier alpha value is -1.46. The van der Waals surface area contributed by atoms with Gasteiger partial charge in [-0.15, -0.1) is 0 Å². The van der Waals surface area contributed by atoms with Gasteiger partial charge < -0.3 is 15.3 Å². The van der Waals surface area contributed by atoms with Crippen LogP contribution in [0.4, 0.5) is 0 Å². The van der Waals surface area contributed by atoms with Gasteiger partial charge in [0.15, 0.2) is 0 Å². The zero-order valence-electron chi connectivity index (χ0n) is 12.0. The van der Waals surface area contributed by atoms with Crippen LogP contribution in [0.25, 0.3) is 0 Å². The van der Waals surface area contributed by atoms with Crippen molar-refractivity contribution in [3.05, 3.63) is 30.1 Å². The van der Waals surface area contributed by atoms with Crippen molar-refractivity contribution in [3.8, 4) is 0 Å². The van der Waals surface area contributed by atoms with E-state index in [1.165, 1.54) is 5.56 Å². The van der Waals surface area contributed by atoms with Crippen LogP contribution in [0.2, 0.25) is 0 Å². The smallest absolute Gasteiger partial charge is 0.222 e. The maximum absolute atomic E-state index is 11.5. The van der Waals surface area contributed by atoms with E-state index in [2.05, 4.69) is 15.2 Å². The number of rotatable bonds is 5. The van der Waals surface area contributed by atoms with E-state index in [9.17, 15) is 9.90 Å². The van der Waals surface area contributed by atoms with Crippen LogP contribution in [-0.4, -0.2) is 53.2 Å². The number of piperidine rings is 1. The van der Waals surface area contributed by atoms with Gasteiger partial charge in [0.05, 0.1) is 12.0 Å². The zero-order valence-corrected chi connectivity index (χ0v) is 12.0. The van der Waals surface area contributed by atoms with Gasteiger partial charge in [-0.2, -0.15) is 0 Å². The van der Waals surface area contributed by atoms with E-state index in [1.54, 1.807) is 19.4 Å². The van der Waals surface area contributed by atoms with Crippen LogP contribution in [0, 0.1) is 0 Å². The molecule has 1 unspecified atom stereocenters. The van der Waals surface area contributed by atoms with E-state index in [1.807, 2.05) is 12.1 Å². The summed E-state index contributed by atoms with van der Waals surface area (Å²) >= 11 is 0. The number of aliphatic hydroxyl groups is 1. The molecule has 0 bridgehead atoms. The Morgan fingerprint density at radius 2 is 2.25 bits per heavy atom. The highest BCUT2D eigenvalue weighted by atomic mass is 16.3. The highest BCUT2D eigenvalue weighted by Crippen LogP contribution is 2.24. The van der Waals surface area contributed by atoms with Gasteiger partial charge in [-0.3, -0.25) is 9.78 Å². The van der Waals surface area contributed by atoms with E-state index in [0.717, 1.165) is 25.9 Å². The molecule has 2 N–H and O–H groups in total. The number of pyridine rings is 1. The molecule has 5 heteroatoms. The number of likely N-dealkylation sites (tertiary alicyclic amines) is 1. The maximum Gasteiger partial charge on any atom is 0.222 e. The Labute approximate surface area is 120 Å². The first-order valence-corrected chi connectivity index (χ1v) is 7.15. The summed E-state index contributed by atoms with van der Waals surface area (Å²) in [6.07, 6.45) is 6.37. The maximum atomic E-state index is 11.5. The molecule has 1 aromatic heterocycles. The summed E-state index contributed by atoms with van der Waals surface area (Å²) in [5.41, 5.74) is 0.372. The summed E-state index contributed by atoms with van der Waals surface area (Å²) in [4.78, 5) is 17.7. The summed E-state index contributed by atoms with van der Waals surface area (Å²) in [5.74, 6) is -0.0940. The number of hydrogen-bond acceptors (Lipinski definition) is 4. The molecule has 1 aromatic rings. The second-order valence-corrected chi connectivity index (χ2v) is 5.56. The molecule has 1 fully saturated rings. The standard InChI is InChI=1S/C15H23N3O2/c1-16-14(19)11-15(20)6-2-9-18(12-15)10-5-13-3-7-17-8-4-13/h3-4,7-8,20H,2,5-6,9-12H2,1H3,(H,16,19). The number of carbonyl (C=O) groups is 1. The van der Waals surface area contributed by atoms with Crippen LogP contribution >= 0.6 is 0 Å². The second-order valence-electron chi connectivity index (χ2n) is 5.56. The monoisotopic (exact) mass is 277 g/mol. The number of carbonyl (C=O) groups excluding carboxylic acids is 1. The summed E-state index contributed by atoms with van der Waals surface area (Å²) < 4.78 is 0. The Morgan fingerprint density at radius 1 is 1.50 bits per heavy atom. The first-order chi connectivity index (χ1) is 9.61. The summed E-state index contributed by atoms with van der Waals surface area (Å²) in [6, 6.07) is 4.03. The fourth-order valence-electron chi connectivity index (χ4n) is 2.77. The van der Waals surface area contributed by atoms with Crippen LogP contribution in [0.1, 0.15) is 24.8 Å². The van der Waals surface area contributed by atoms with E-state index >= 15 is 0 Å².